The van der Waals surface area contributed by atoms with Crippen molar-refractivity contribution in [3.05, 3.63) is 24.3 Å². The minimum Gasteiger partial charge on any atom is -0.399 e. The fourth-order valence-corrected chi connectivity index (χ4v) is 9.26. The molecule has 0 spiro atoms. The summed E-state index contributed by atoms with van der Waals surface area (Å²) in [4.78, 5) is 0. The van der Waals surface area contributed by atoms with Gasteiger partial charge in [-0.1, -0.05) is 31.0 Å². The molecule has 2 aliphatic carbocycles. The Labute approximate surface area is 180 Å². The monoisotopic (exact) mass is 414 g/mol. The highest BCUT2D eigenvalue weighted by atomic mass is 31.2. The largest absolute Gasteiger partial charge is 0.498 e. The first-order valence-corrected chi connectivity index (χ1v) is 13.1. The molecule has 0 N–H and O–H groups in total. The molecule has 29 heavy (non-hydrogen) atoms. The SMILES string of the molecule is [BH3-][P+](c1ccccc1B1OC(C)(C)C(C)(C)O1)(C1CCCCC1)C1CCCCC1. The van der Waals surface area contributed by atoms with Crippen LogP contribution in [0.15, 0.2) is 24.3 Å². The van der Waals surface area contributed by atoms with Crippen LogP contribution in [-0.2, 0) is 9.31 Å². The van der Waals surface area contributed by atoms with Gasteiger partial charge in [0.15, 0.2) is 0 Å². The van der Waals surface area contributed by atoms with Crippen molar-refractivity contribution in [1.29, 1.82) is 0 Å². The Morgan fingerprint density at radius 1 is 0.793 bits per heavy atom. The van der Waals surface area contributed by atoms with Crippen LogP contribution in [0, 0.1) is 0 Å². The quantitative estimate of drug-likeness (QED) is 0.531. The van der Waals surface area contributed by atoms with Gasteiger partial charge < -0.3 is 9.31 Å². The lowest BCUT2D eigenvalue weighted by Crippen LogP contribution is -2.48. The molecule has 3 aliphatic rings. The van der Waals surface area contributed by atoms with E-state index in [2.05, 4.69) is 52.0 Å². The standard InChI is InChI=1S/C24H41B2O2P/c1-23(2)24(3,4)28-26(27-23)21-17-11-12-18-22(21)29(25,19-13-7-5-8-14-19)20-15-9-6-10-16-20/h11-12,17-20H,5-10,13-16H2,1-4,25H3. The highest BCUT2D eigenvalue weighted by molar-refractivity contribution is 8.04. The smallest absolute Gasteiger partial charge is 0.399 e. The van der Waals surface area contributed by atoms with Crippen LogP contribution in [-0.4, -0.2) is 37.2 Å². The molecule has 160 valence electrons. The zero-order chi connectivity index (χ0) is 20.7. The normalized spacial score (nSPS) is 26.0. The first kappa shape index (κ1) is 21.9. The third kappa shape index (κ3) is 3.99. The maximum absolute atomic E-state index is 6.58. The Hall–Kier alpha value is -0.300. The molecule has 0 bridgehead atoms. The van der Waals surface area contributed by atoms with E-state index < -0.39 is 7.14 Å². The molecule has 0 amide bonds. The van der Waals surface area contributed by atoms with Gasteiger partial charge >= 0.3 is 7.12 Å². The molecule has 4 rings (SSSR count). The van der Waals surface area contributed by atoms with Crippen LogP contribution in [0.25, 0.3) is 0 Å². The zero-order valence-electron chi connectivity index (χ0n) is 18.4. The Balaban J connectivity index is 1.76. The summed E-state index contributed by atoms with van der Waals surface area (Å²) >= 11 is 0. The van der Waals surface area contributed by atoms with Crippen molar-refractivity contribution in [3.8, 4) is 0 Å². The van der Waals surface area contributed by atoms with Gasteiger partial charge in [0.2, 0.25) is 0 Å². The van der Waals surface area contributed by atoms with Crippen LogP contribution >= 0.6 is 7.14 Å². The average molecular weight is 414 g/mol. The highest BCUT2D eigenvalue weighted by Gasteiger charge is 2.54. The molecular formula is C24H41B2O2P. The van der Waals surface area contributed by atoms with Gasteiger partial charge in [-0.25, -0.2) is 0 Å². The third-order valence-electron chi connectivity index (χ3n) is 7.66. The minimum atomic E-state index is -1.06. The molecule has 1 aromatic rings. The topological polar surface area (TPSA) is 18.5 Å². The second-order valence-corrected chi connectivity index (χ2v) is 12.9. The first-order chi connectivity index (χ1) is 13.8. The second-order valence-electron chi connectivity index (χ2n) is 10.1. The first-order valence-electron chi connectivity index (χ1n) is 11.6. The zero-order valence-corrected chi connectivity index (χ0v) is 19.3. The lowest BCUT2D eigenvalue weighted by Gasteiger charge is -2.47. The van der Waals surface area contributed by atoms with Gasteiger partial charge in [-0.3, -0.25) is 0 Å². The van der Waals surface area contributed by atoms with Crippen molar-refractivity contribution < 1.29 is 9.31 Å². The Morgan fingerprint density at radius 3 is 1.72 bits per heavy atom. The number of rotatable bonds is 4. The summed E-state index contributed by atoms with van der Waals surface area (Å²) in [6.07, 6.45) is 14.7. The molecule has 5 heteroatoms. The maximum Gasteiger partial charge on any atom is 0.498 e. The summed E-state index contributed by atoms with van der Waals surface area (Å²) in [6, 6.07) is 9.40. The van der Waals surface area contributed by atoms with Crippen molar-refractivity contribution in [3.63, 3.8) is 0 Å². The maximum atomic E-state index is 6.58. The van der Waals surface area contributed by atoms with Crippen molar-refractivity contribution in [2.45, 2.75) is 114 Å². The summed E-state index contributed by atoms with van der Waals surface area (Å²) in [7, 11) is -1.02. The van der Waals surface area contributed by atoms with Gasteiger partial charge in [-0.15, -0.1) is 7.14 Å². The van der Waals surface area contributed by atoms with Crippen LogP contribution in [0.5, 0.6) is 0 Å². The predicted molar refractivity (Wildman–Crippen MR) is 132 cm³/mol. The van der Waals surface area contributed by atoms with E-state index in [0.717, 1.165) is 11.3 Å². The van der Waals surface area contributed by atoms with E-state index in [1.165, 1.54) is 69.7 Å². The number of hydrogen-bond acceptors (Lipinski definition) is 2. The fourth-order valence-electron chi connectivity index (χ4n) is 5.30. The minimum absolute atomic E-state index is 0.194. The summed E-state index contributed by atoms with van der Waals surface area (Å²) in [5.74, 6) is 0. The van der Waals surface area contributed by atoms with Crippen molar-refractivity contribution in [2.24, 2.45) is 0 Å². The van der Waals surface area contributed by atoms with Crippen LogP contribution in [0.2, 0.25) is 0 Å². The van der Waals surface area contributed by atoms with Crippen LogP contribution < -0.4 is 10.8 Å². The summed E-state index contributed by atoms with van der Waals surface area (Å²) < 4.78 is 13.2. The van der Waals surface area contributed by atoms with Crippen molar-refractivity contribution >= 4 is 32.6 Å². The molecule has 3 fully saturated rings. The van der Waals surface area contributed by atoms with Crippen LogP contribution in [0.3, 0.4) is 0 Å². The van der Waals surface area contributed by atoms with Gasteiger partial charge in [-0.2, -0.15) is 0 Å². The lowest BCUT2D eigenvalue weighted by atomic mass is 9.79. The summed E-state index contributed by atoms with van der Waals surface area (Å²) in [6.45, 7) is 8.75. The van der Waals surface area contributed by atoms with E-state index >= 15 is 0 Å². The molecule has 0 atom stereocenters. The second kappa shape index (κ2) is 8.33. The molecule has 1 saturated heterocycles. The van der Waals surface area contributed by atoms with E-state index in [1.807, 2.05) is 0 Å². The van der Waals surface area contributed by atoms with Gasteiger partial charge in [0.05, 0.1) is 11.2 Å². The lowest BCUT2D eigenvalue weighted by molar-refractivity contribution is 0.00578. The number of benzene rings is 1. The fraction of sp³-hybridized carbons (Fsp3) is 0.750. The summed E-state index contributed by atoms with van der Waals surface area (Å²) in [5.41, 5.74) is 2.88. The van der Waals surface area contributed by atoms with Gasteiger partial charge in [-0.05, 0) is 85.1 Å². The molecule has 0 radical (unpaired) electrons. The Morgan fingerprint density at radius 2 is 1.24 bits per heavy atom. The Kier molecular flexibility index (Phi) is 6.29. The average Bonchev–Trinajstić information content (AvgIpc) is 2.96. The van der Waals surface area contributed by atoms with E-state index in [-0.39, 0.29) is 25.9 Å². The van der Waals surface area contributed by atoms with Crippen molar-refractivity contribution in [1.82, 2.24) is 0 Å². The van der Waals surface area contributed by atoms with E-state index in [4.69, 9.17) is 9.31 Å². The van der Waals surface area contributed by atoms with Gasteiger partial charge in [0.1, 0.15) is 7.57 Å². The molecule has 0 aromatic heterocycles. The molecule has 0 unspecified atom stereocenters. The van der Waals surface area contributed by atoms with E-state index in [1.54, 1.807) is 5.30 Å². The van der Waals surface area contributed by atoms with Gasteiger partial charge in [0.25, 0.3) is 0 Å². The predicted octanol–water partition coefficient (Wildman–Crippen LogP) is 4.57. The highest BCUT2D eigenvalue weighted by Crippen LogP contribution is 2.67. The summed E-state index contributed by atoms with van der Waals surface area (Å²) in [5, 5.41) is 1.73. The van der Waals surface area contributed by atoms with Crippen LogP contribution in [0.1, 0.15) is 91.9 Å². The number of hydrogen-bond donors (Lipinski definition) is 0. The van der Waals surface area contributed by atoms with Crippen molar-refractivity contribution in [2.75, 3.05) is 0 Å². The van der Waals surface area contributed by atoms with E-state index in [9.17, 15) is 0 Å². The van der Waals surface area contributed by atoms with E-state index in [0.29, 0.717) is 0 Å². The third-order valence-corrected chi connectivity index (χ3v) is 11.2. The van der Waals surface area contributed by atoms with Crippen LogP contribution in [0.4, 0.5) is 0 Å². The molecule has 1 aliphatic heterocycles. The Bertz CT molecular complexity index is 675. The van der Waals surface area contributed by atoms with Gasteiger partial charge in [0, 0.05) is 22.1 Å². The molecule has 2 saturated carbocycles. The molecule has 1 heterocycles. The molecule has 2 nitrogen and oxygen atoms in total. The molecule has 1 aromatic carbocycles. The molecular weight excluding hydrogens is 373 g/mol.